The number of hydrogen-bond donors (Lipinski definition) is 0. The first kappa shape index (κ1) is 14.5. The minimum Gasteiger partial charge on any atom is -0.218 e. The van der Waals surface area contributed by atoms with E-state index >= 15 is 0 Å². The molecule has 2 aromatic carbocycles. The quantitative estimate of drug-likeness (QED) is 0.728. The third kappa shape index (κ3) is 2.67. The van der Waals surface area contributed by atoms with Crippen molar-refractivity contribution in [2.45, 2.75) is 9.10 Å². The second kappa shape index (κ2) is 5.76. The lowest BCUT2D eigenvalue weighted by Gasteiger charge is -2.01. The zero-order chi connectivity index (χ0) is 15.6. The van der Waals surface area contributed by atoms with E-state index in [1.807, 2.05) is 12.1 Å². The Morgan fingerprint density at radius 2 is 1.55 bits per heavy atom. The Bertz CT molecular complexity index is 934. The van der Waals surface area contributed by atoms with E-state index in [-0.39, 0.29) is 0 Å². The molecule has 5 heteroatoms. The van der Waals surface area contributed by atoms with Crippen molar-refractivity contribution in [1.82, 2.24) is 0 Å². The van der Waals surface area contributed by atoms with Crippen LogP contribution >= 0.6 is 11.3 Å². The highest BCUT2D eigenvalue weighted by Gasteiger charge is 2.19. The van der Waals surface area contributed by atoms with Crippen LogP contribution in [0.2, 0.25) is 0 Å². The van der Waals surface area contributed by atoms with Crippen LogP contribution in [-0.4, -0.2) is 8.42 Å². The molecule has 0 radical (unpaired) electrons. The van der Waals surface area contributed by atoms with Gasteiger partial charge in [0.1, 0.15) is 4.21 Å². The third-order valence-electron chi connectivity index (χ3n) is 3.20. The molecule has 1 heterocycles. The number of thiophene rings is 1. The zero-order valence-electron chi connectivity index (χ0n) is 11.4. The predicted molar refractivity (Wildman–Crippen MR) is 86.4 cm³/mol. The van der Waals surface area contributed by atoms with Crippen molar-refractivity contribution in [3.8, 4) is 16.5 Å². The van der Waals surface area contributed by atoms with Crippen LogP contribution in [0, 0.1) is 11.3 Å². The predicted octanol–water partition coefficient (Wildman–Crippen LogP) is 4.12. The van der Waals surface area contributed by atoms with Gasteiger partial charge in [0.15, 0.2) is 0 Å². The van der Waals surface area contributed by atoms with Gasteiger partial charge in [0, 0.05) is 4.88 Å². The van der Waals surface area contributed by atoms with Gasteiger partial charge in [0.05, 0.1) is 16.5 Å². The van der Waals surface area contributed by atoms with Crippen molar-refractivity contribution in [3.63, 3.8) is 0 Å². The Kier molecular flexibility index (Phi) is 3.80. The van der Waals surface area contributed by atoms with Gasteiger partial charge in [-0.3, -0.25) is 0 Å². The SMILES string of the molecule is N#Cc1ccc(-c2ccc(S(=O)(=O)c3ccccc3)s2)cc1. The van der Waals surface area contributed by atoms with Gasteiger partial charge in [-0.15, -0.1) is 11.3 Å². The molecule has 3 nitrogen and oxygen atoms in total. The maximum Gasteiger partial charge on any atom is 0.215 e. The lowest BCUT2D eigenvalue weighted by Crippen LogP contribution is -1.98. The highest BCUT2D eigenvalue weighted by atomic mass is 32.2. The number of nitrogens with zero attached hydrogens (tertiary/aromatic N) is 1. The summed E-state index contributed by atoms with van der Waals surface area (Å²) < 4.78 is 25.4. The van der Waals surface area contributed by atoms with Gasteiger partial charge in [-0.1, -0.05) is 30.3 Å². The molecule has 0 bridgehead atoms. The van der Waals surface area contributed by atoms with Crippen LogP contribution in [-0.2, 0) is 9.84 Å². The Morgan fingerprint density at radius 3 is 2.18 bits per heavy atom. The standard InChI is InChI=1S/C17H11NO2S2/c18-12-13-6-8-14(9-7-13)16-10-11-17(21-16)22(19,20)15-4-2-1-3-5-15/h1-11H. The topological polar surface area (TPSA) is 57.9 Å². The fourth-order valence-electron chi connectivity index (χ4n) is 2.04. The second-order valence-corrected chi connectivity index (χ2v) is 7.88. The molecule has 0 fully saturated rings. The first-order valence-corrected chi connectivity index (χ1v) is 8.82. The number of sulfone groups is 1. The molecule has 3 aromatic rings. The molecule has 0 spiro atoms. The molecular weight excluding hydrogens is 314 g/mol. The summed E-state index contributed by atoms with van der Waals surface area (Å²) in [6.45, 7) is 0. The minimum atomic E-state index is -3.47. The van der Waals surface area contributed by atoms with E-state index in [4.69, 9.17) is 5.26 Å². The Labute approximate surface area is 133 Å². The minimum absolute atomic E-state index is 0.295. The summed E-state index contributed by atoms with van der Waals surface area (Å²) in [6, 6.07) is 21.0. The van der Waals surface area contributed by atoms with Crippen molar-refractivity contribution in [1.29, 1.82) is 5.26 Å². The largest absolute Gasteiger partial charge is 0.218 e. The monoisotopic (exact) mass is 325 g/mol. The van der Waals surface area contributed by atoms with Gasteiger partial charge in [-0.25, -0.2) is 8.42 Å². The summed E-state index contributed by atoms with van der Waals surface area (Å²) in [4.78, 5) is 1.15. The molecule has 22 heavy (non-hydrogen) atoms. The van der Waals surface area contributed by atoms with Gasteiger partial charge < -0.3 is 0 Å². The molecule has 1 aromatic heterocycles. The molecular formula is C17H11NO2S2. The molecule has 3 rings (SSSR count). The maximum atomic E-state index is 12.5. The molecule has 108 valence electrons. The Morgan fingerprint density at radius 1 is 0.864 bits per heavy atom. The zero-order valence-corrected chi connectivity index (χ0v) is 13.1. The second-order valence-electron chi connectivity index (χ2n) is 4.62. The van der Waals surface area contributed by atoms with E-state index in [9.17, 15) is 8.42 Å². The van der Waals surface area contributed by atoms with Gasteiger partial charge >= 0.3 is 0 Å². The van der Waals surface area contributed by atoms with Crippen molar-refractivity contribution >= 4 is 21.2 Å². The van der Waals surface area contributed by atoms with Crippen LogP contribution in [0.5, 0.6) is 0 Å². The first-order valence-electron chi connectivity index (χ1n) is 6.52. The molecule has 0 aliphatic carbocycles. The molecule has 0 saturated heterocycles. The molecule has 0 aliphatic heterocycles. The van der Waals surface area contributed by atoms with Gasteiger partial charge in [-0.2, -0.15) is 5.26 Å². The van der Waals surface area contributed by atoms with Gasteiger partial charge in [0.2, 0.25) is 9.84 Å². The van der Waals surface area contributed by atoms with Crippen molar-refractivity contribution < 1.29 is 8.42 Å². The number of nitriles is 1. The number of rotatable bonds is 3. The molecule has 0 amide bonds. The fourth-order valence-corrected chi connectivity index (χ4v) is 4.78. The molecule has 0 saturated carbocycles. The summed E-state index contributed by atoms with van der Waals surface area (Å²) in [6.07, 6.45) is 0. The Hall–Kier alpha value is -2.42. The van der Waals surface area contributed by atoms with E-state index < -0.39 is 9.84 Å². The summed E-state index contributed by atoms with van der Waals surface area (Å²) in [7, 11) is -3.47. The van der Waals surface area contributed by atoms with E-state index in [0.717, 1.165) is 10.4 Å². The third-order valence-corrected chi connectivity index (χ3v) is 6.59. The van der Waals surface area contributed by atoms with Crippen LogP contribution in [0.3, 0.4) is 0 Å². The maximum absolute atomic E-state index is 12.5. The Balaban J connectivity index is 1.99. The molecule has 0 atom stereocenters. The fraction of sp³-hybridized carbons (Fsp3) is 0. The first-order chi connectivity index (χ1) is 10.6. The summed E-state index contributed by atoms with van der Waals surface area (Å²) in [5.41, 5.74) is 1.48. The van der Waals surface area contributed by atoms with E-state index in [1.165, 1.54) is 11.3 Å². The number of hydrogen-bond acceptors (Lipinski definition) is 4. The molecule has 0 N–H and O–H groups in total. The van der Waals surface area contributed by atoms with Crippen LogP contribution < -0.4 is 0 Å². The van der Waals surface area contributed by atoms with Crippen LogP contribution in [0.25, 0.3) is 10.4 Å². The van der Waals surface area contributed by atoms with E-state index in [0.29, 0.717) is 14.7 Å². The van der Waals surface area contributed by atoms with Crippen molar-refractivity contribution in [2.75, 3.05) is 0 Å². The smallest absolute Gasteiger partial charge is 0.215 e. The highest BCUT2D eigenvalue weighted by Crippen LogP contribution is 2.33. The van der Waals surface area contributed by atoms with Crippen LogP contribution in [0.4, 0.5) is 0 Å². The molecule has 0 unspecified atom stereocenters. The molecule has 0 aliphatic rings. The van der Waals surface area contributed by atoms with E-state index in [2.05, 4.69) is 6.07 Å². The van der Waals surface area contributed by atoms with Gasteiger partial charge in [-0.05, 0) is 42.0 Å². The van der Waals surface area contributed by atoms with Crippen LogP contribution in [0.1, 0.15) is 5.56 Å². The average Bonchev–Trinajstić information content (AvgIpc) is 3.06. The summed E-state index contributed by atoms with van der Waals surface area (Å²) >= 11 is 1.23. The van der Waals surface area contributed by atoms with Crippen LogP contribution in [0.15, 0.2) is 75.8 Å². The van der Waals surface area contributed by atoms with Gasteiger partial charge in [0.25, 0.3) is 0 Å². The lowest BCUT2D eigenvalue weighted by atomic mass is 10.1. The van der Waals surface area contributed by atoms with E-state index in [1.54, 1.807) is 54.6 Å². The summed E-state index contributed by atoms with van der Waals surface area (Å²) in [5, 5.41) is 8.81. The lowest BCUT2D eigenvalue weighted by molar-refractivity contribution is 0.598. The highest BCUT2D eigenvalue weighted by molar-refractivity contribution is 7.93. The van der Waals surface area contributed by atoms with Crippen molar-refractivity contribution in [2.24, 2.45) is 0 Å². The summed E-state index contributed by atoms with van der Waals surface area (Å²) in [5.74, 6) is 0. The normalized spacial score (nSPS) is 11.0. The average molecular weight is 325 g/mol. The number of benzene rings is 2. The van der Waals surface area contributed by atoms with Crippen molar-refractivity contribution in [3.05, 3.63) is 72.3 Å².